The molecule has 0 heterocycles. The summed E-state index contributed by atoms with van der Waals surface area (Å²) in [5, 5.41) is 13.5. The molecular formula is C39H80NO6P. The number of rotatable bonds is 38. The Labute approximate surface area is 291 Å². The Balaban J connectivity index is 3.82. The van der Waals surface area contributed by atoms with Crippen LogP contribution in [0.25, 0.3) is 0 Å². The van der Waals surface area contributed by atoms with Crippen LogP contribution in [0.1, 0.15) is 226 Å². The summed E-state index contributed by atoms with van der Waals surface area (Å²) in [4.78, 5) is 30.8. The molecule has 1 amide bonds. The summed E-state index contributed by atoms with van der Waals surface area (Å²) in [5.41, 5.74) is 0. The van der Waals surface area contributed by atoms with Gasteiger partial charge in [0.25, 0.3) is 0 Å². The van der Waals surface area contributed by atoms with Crippen molar-refractivity contribution in [1.29, 1.82) is 0 Å². The fourth-order valence-electron chi connectivity index (χ4n) is 6.46. The molecule has 0 aromatic carbocycles. The second kappa shape index (κ2) is 35.4. The second-order valence-electron chi connectivity index (χ2n) is 14.3. The lowest BCUT2D eigenvalue weighted by Gasteiger charge is -2.24. The fraction of sp³-hybridized carbons (Fsp3) is 0.974. The van der Waals surface area contributed by atoms with Crippen molar-refractivity contribution in [3.05, 3.63) is 0 Å². The smallest absolute Gasteiger partial charge is 0.391 e. The van der Waals surface area contributed by atoms with Crippen LogP contribution in [0.2, 0.25) is 0 Å². The van der Waals surface area contributed by atoms with Crippen LogP contribution in [0.4, 0.5) is 0 Å². The quantitative estimate of drug-likeness (QED) is 0.0379. The van der Waals surface area contributed by atoms with Crippen molar-refractivity contribution >= 4 is 13.7 Å². The monoisotopic (exact) mass is 690 g/mol. The highest BCUT2D eigenvalue weighted by Crippen LogP contribution is 2.36. The number of carbonyl (C=O) groups excluding carboxylic acids is 1. The molecule has 282 valence electrons. The summed E-state index contributed by atoms with van der Waals surface area (Å²) >= 11 is 0. The SMILES string of the molecule is CCCCCCCCCCCCCCCCCCCCCCC(=O)N[C@@H](COP(=O)(O)O)[C@H](O)CCCCCCCCCCCCC. The molecular weight excluding hydrogens is 609 g/mol. The van der Waals surface area contributed by atoms with Crippen LogP contribution in [-0.4, -0.2) is 39.6 Å². The number of aliphatic hydroxyl groups is 1. The Hall–Kier alpha value is -0.460. The first kappa shape index (κ1) is 46.5. The van der Waals surface area contributed by atoms with Gasteiger partial charge in [-0.2, -0.15) is 0 Å². The minimum atomic E-state index is -4.68. The first-order valence-corrected chi connectivity index (χ1v) is 22.0. The van der Waals surface area contributed by atoms with Crippen LogP contribution in [0, 0.1) is 0 Å². The van der Waals surface area contributed by atoms with E-state index in [0.717, 1.165) is 38.5 Å². The van der Waals surface area contributed by atoms with E-state index < -0.39 is 26.6 Å². The van der Waals surface area contributed by atoms with Crippen molar-refractivity contribution in [2.24, 2.45) is 0 Å². The third kappa shape index (κ3) is 36.6. The van der Waals surface area contributed by atoms with E-state index in [0.29, 0.717) is 12.8 Å². The maximum atomic E-state index is 12.6. The number of nitrogens with one attached hydrogen (secondary N) is 1. The van der Waals surface area contributed by atoms with Gasteiger partial charge in [-0.3, -0.25) is 9.32 Å². The average Bonchev–Trinajstić information content (AvgIpc) is 3.04. The summed E-state index contributed by atoms with van der Waals surface area (Å²) in [7, 11) is -4.68. The van der Waals surface area contributed by atoms with Gasteiger partial charge in [0, 0.05) is 6.42 Å². The molecule has 2 atom stereocenters. The maximum Gasteiger partial charge on any atom is 0.469 e. The lowest BCUT2D eigenvalue weighted by Crippen LogP contribution is -2.46. The van der Waals surface area contributed by atoms with Crippen LogP contribution in [-0.2, 0) is 13.9 Å². The molecule has 7 nitrogen and oxygen atoms in total. The molecule has 0 aliphatic rings. The Bertz CT molecular complexity index is 703. The molecule has 0 fully saturated rings. The summed E-state index contributed by atoms with van der Waals surface area (Å²) in [5.74, 6) is -0.190. The molecule has 8 heteroatoms. The number of phosphoric acid groups is 1. The minimum Gasteiger partial charge on any atom is -0.391 e. The zero-order valence-corrected chi connectivity index (χ0v) is 32.1. The van der Waals surface area contributed by atoms with Crippen molar-refractivity contribution in [3.8, 4) is 0 Å². The molecule has 0 saturated carbocycles. The normalized spacial score (nSPS) is 13.2. The van der Waals surface area contributed by atoms with Crippen molar-refractivity contribution < 1.29 is 28.8 Å². The Kier molecular flexibility index (Phi) is 35.0. The van der Waals surface area contributed by atoms with Gasteiger partial charge in [-0.25, -0.2) is 4.57 Å². The van der Waals surface area contributed by atoms with Gasteiger partial charge in [0.15, 0.2) is 0 Å². The summed E-state index contributed by atoms with van der Waals surface area (Å²) < 4.78 is 15.9. The maximum absolute atomic E-state index is 12.6. The molecule has 0 aliphatic carbocycles. The molecule has 0 aromatic rings. The molecule has 0 radical (unpaired) electrons. The van der Waals surface area contributed by atoms with E-state index in [4.69, 9.17) is 9.79 Å². The number of amides is 1. The Morgan fingerprint density at radius 2 is 0.830 bits per heavy atom. The molecule has 0 rings (SSSR count). The zero-order valence-electron chi connectivity index (χ0n) is 31.2. The number of carbonyl (C=O) groups is 1. The van der Waals surface area contributed by atoms with Gasteiger partial charge in [-0.15, -0.1) is 0 Å². The Morgan fingerprint density at radius 1 is 0.532 bits per heavy atom. The van der Waals surface area contributed by atoms with Crippen molar-refractivity contribution in [1.82, 2.24) is 5.32 Å². The van der Waals surface area contributed by atoms with E-state index in [1.165, 1.54) is 161 Å². The fourth-order valence-corrected chi connectivity index (χ4v) is 6.82. The standard InChI is InChI=1S/C39H80NO6P/c1-3-5-7-9-11-13-15-16-17-18-19-20-21-22-23-25-27-29-31-33-35-39(42)40-37(36-46-47(43,44)45)38(41)34-32-30-28-26-24-14-12-10-8-6-4-2/h37-38,41H,3-36H2,1-2H3,(H,40,42)(H2,43,44,45)/t37-,38+/m0/s1. The van der Waals surface area contributed by atoms with Crippen LogP contribution < -0.4 is 5.32 Å². The third-order valence-corrected chi connectivity index (χ3v) is 10.1. The highest BCUT2D eigenvalue weighted by molar-refractivity contribution is 7.46. The number of phosphoric ester groups is 1. The van der Waals surface area contributed by atoms with Gasteiger partial charge >= 0.3 is 7.82 Å². The second-order valence-corrected chi connectivity index (χ2v) is 15.6. The average molecular weight is 690 g/mol. The first-order chi connectivity index (χ1) is 22.8. The highest BCUT2D eigenvalue weighted by atomic mass is 31.2. The number of aliphatic hydroxyl groups excluding tert-OH is 1. The van der Waals surface area contributed by atoms with E-state index in [9.17, 15) is 14.5 Å². The lowest BCUT2D eigenvalue weighted by molar-refractivity contribution is -0.123. The van der Waals surface area contributed by atoms with E-state index in [1.807, 2.05) is 0 Å². The van der Waals surface area contributed by atoms with Crippen LogP contribution in [0.5, 0.6) is 0 Å². The largest absolute Gasteiger partial charge is 0.469 e. The van der Waals surface area contributed by atoms with E-state index in [1.54, 1.807) is 0 Å². The summed E-state index contributed by atoms with van der Waals surface area (Å²) in [6, 6.07) is -0.816. The number of hydrogen-bond donors (Lipinski definition) is 4. The van der Waals surface area contributed by atoms with Crippen LogP contribution in [0.3, 0.4) is 0 Å². The molecule has 0 bridgehead atoms. The first-order valence-electron chi connectivity index (χ1n) is 20.5. The van der Waals surface area contributed by atoms with Crippen molar-refractivity contribution in [3.63, 3.8) is 0 Å². The topological polar surface area (TPSA) is 116 Å². The molecule has 0 aliphatic heterocycles. The van der Waals surface area contributed by atoms with Gasteiger partial charge in [0.05, 0.1) is 18.8 Å². The lowest BCUT2D eigenvalue weighted by atomic mass is 10.0. The van der Waals surface area contributed by atoms with Crippen LogP contribution in [0.15, 0.2) is 0 Å². The summed E-state index contributed by atoms with van der Waals surface area (Å²) in [6.07, 6.45) is 39.5. The van der Waals surface area contributed by atoms with Gasteiger partial charge in [0.1, 0.15) is 0 Å². The van der Waals surface area contributed by atoms with Gasteiger partial charge in [-0.1, -0.05) is 206 Å². The van der Waals surface area contributed by atoms with Gasteiger partial charge < -0.3 is 20.2 Å². The predicted octanol–water partition coefficient (Wildman–Crippen LogP) is 11.9. The number of unbranched alkanes of at least 4 members (excludes halogenated alkanes) is 29. The molecule has 0 unspecified atom stereocenters. The van der Waals surface area contributed by atoms with E-state index >= 15 is 0 Å². The van der Waals surface area contributed by atoms with Gasteiger partial charge in [-0.05, 0) is 12.8 Å². The van der Waals surface area contributed by atoms with Crippen molar-refractivity contribution in [2.75, 3.05) is 6.61 Å². The molecule has 0 aromatic heterocycles. The Morgan fingerprint density at radius 3 is 1.15 bits per heavy atom. The number of hydrogen-bond acceptors (Lipinski definition) is 4. The molecule has 4 N–H and O–H groups in total. The third-order valence-electron chi connectivity index (χ3n) is 9.59. The molecule has 0 spiro atoms. The van der Waals surface area contributed by atoms with Gasteiger partial charge in [0.2, 0.25) is 5.91 Å². The zero-order chi connectivity index (χ0) is 34.7. The van der Waals surface area contributed by atoms with E-state index in [-0.39, 0.29) is 5.91 Å². The minimum absolute atomic E-state index is 0.190. The molecule has 47 heavy (non-hydrogen) atoms. The molecule has 0 saturated heterocycles. The van der Waals surface area contributed by atoms with Crippen LogP contribution >= 0.6 is 7.82 Å². The van der Waals surface area contributed by atoms with E-state index in [2.05, 4.69) is 23.7 Å². The van der Waals surface area contributed by atoms with Crippen molar-refractivity contribution in [2.45, 2.75) is 238 Å². The highest BCUT2D eigenvalue weighted by Gasteiger charge is 2.25. The summed E-state index contributed by atoms with van der Waals surface area (Å²) in [6.45, 7) is 4.12. The predicted molar refractivity (Wildman–Crippen MR) is 200 cm³/mol.